The molecule has 1 unspecified atom stereocenters. The maximum absolute atomic E-state index is 12.6. The monoisotopic (exact) mass is 400 g/mol. The van der Waals surface area contributed by atoms with Crippen LogP contribution in [0, 0.1) is 0 Å². The van der Waals surface area contributed by atoms with Gasteiger partial charge >= 0.3 is 6.18 Å². The molecule has 1 aromatic carbocycles. The Hall–Kier alpha value is -2.29. The predicted octanol–water partition coefficient (Wildman–Crippen LogP) is 4.03. The summed E-state index contributed by atoms with van der Waals surface area (Å²) < 4.78 is 42.9. The van der Waals surface area contributed by atoms with Gasteiger partial charge in [-0.05, 0) is 30.0 Å². The van der Waals surface area contributed by atoms with E-state index in [1.54, 1.807) is 14.2 Å². The Morgan fingerprint density at radius 2 is 1.96 bits per heavy atom. The summed E-state index contributed by atoms with van der Waals surface area (Å²) >= 11 is 0.971. The van der Waals surface area contributed by atoms with Gasteiger partial charge in [0.1, 0.15) is 10.8 Å². The van der Waals surface area contributed by atoms with Crippen molar-refractivity contribution in [1.29, 1.82) is 0 Å². The smallest absolute Gasteiger partial charge is 0.434 e. The quantitative estimate of drug-likeness (QED) is 0.544. The molecule has 0 saturated heterocycles. The number of nitrogens with one attached hydrogen (secondary N) is 2. The van der Waals surface area contributed by atoms with Crippen molar-refractivity contribution in [3.05, 3.63) is 45.9 Å². The zero-order chi connectivity index (χ0) is 19.9. The van der Waals surface area contributed by atoms with Crippen LogP contribution in [-0.4, -0.2) is 31.6 Å². The fraction of sp³-hybridized carbons (Fsp3) is 0.444. The van der Waals surface area contributed by atoms with Gasteiger partial charge in [0.05, 0.1) is 13.7 Å². The highest BCUT2D eigenvalue weighted by atomic mass is 32.1. The molecule has 0 aliphatic heterocycles. The van der Waals surface area contributed by atoms with Crippen LogP contribution in [0.2, 0.25) is 0 Å². The van der Waals surface area contributed by atoms with Gasteiger partial charge in [-0.25, -0.2) is 4.98 Å². The van der Waals surface area contributed by atoms with Crippen molar-refractivity contribution in [2.45, 2.75) is 32.0 Å². The van der Waals surface area contributed by atoms with Crippen LogP contribution >= 0.6 is 11.3 Å². The predicted molar refractivity (Wildman–Crippen MR) is 101 cm³/mol. The van der Waals surface area contributed by atoms with E-state index < -0.39 is 11.9 Å². The highest BCUT2D eigenvalue weighted by Crippen LogP contribution is 2.29. The molecule has 0 amide bonds. The van der Waals surface area contributed by atoms with Gasteiger partial charge in [-0.1, -0.05) is 19.1 Å². The zero-order valence-electron chi connectivity index (χ0n) is 15.4. The van der Waals surface area contributed by atoms with Gasteiger partial charge in [-0.2, -0.15) is 13.2 Å². The van der Waals surface area contributed by atoms with Gasteiger partial charge in [-0.15, -0.1) is 11.3 Å². The van der Waals surface area contributed by atoms with Crippen LogP contribution in [-0.2, 0) is 12.7 Å². The largest absolute Gasteiger partial charge is 0.497 e. The van der Waals surface area contributed by atoms with Gasteiger partial charge in [0.25, 0.3) is 0 Å². The van der Waals surface area contributed by atoms with Gasteiger partial charge in [0.15, 0.2) is 11.7 Å². The number of halogens is 3. The molecule has 0 saturated carbocycles. The first-order chi connectivity index (χ1) is 12.8. The van der Waals surface area contributed by atoms with E-state index in [0.29, 0.717) is 23.4 Å². The van der Waals surface area contributed by atoms with Crippen molar-refractivity contribution in [2.24, 2.45) is 4.99 Å². The van der Waals surface area contributed by atoms with Crippen LogP contribution in [0.5, 0.6) is 5.75 Å². The average molecular weight is 400 g/mol. The summed E-state index contributed by atoms with van der Waals surface area (Å²) in [6.07, 6.45) is -3.53. The highest BCUT2D eigenvalue weighted by molar-refractivity contribution is 7.09. The van der Waals surface area contributed by atoms with E-state index in [0.717, 1.165) is 28.9 Å². The summed E-state index contributed by atoms with van der Waals surface area (Å²) in [6.45, 7) is 3.00. The number of guanidine groups is 1. The third-order valence-corrected chi connectivity index (χ3v) is 4.88. The number of benzene rings is 1. The fourth-order valence-electron chi connectivity index (χ4n) is 2.41. The summed E-state index contributed by atoms with van der Waals surface area (Å²) in [6, 6.07) is 7.94. The minimum atomic E-state index is -4.41. The van der Waals surface area contributed by atoms with E-state index in [1.165, 1.54) is 5.56 Å². The number of alkyl halides is 3. The lowest BCUT2D eigenvalue weighted by Gasteiger charge is -2.15. The third-order valence-electron chi connectivity index (χ3n) is 4.03. The number of methoxy groups -OCH3 is 1. The van der Waals surface area contributed by atoms with E-state index in [4.69, 9.17) is 4.74 Å². The molecule has 2 rings (SSSR count). The number of hydrogen-bond acceptors (Lipinski definition) is 4. The Bertz CT molecular complexity index is 744. The Morgan fingerprint density at radius 3 is 2.52 bits per heavy atom. The lowest BCUT2D eigenvalue weighted by molar-refractivity contribution is -0.140. The van der Waals surface area contributed by atoms with Crippen molar-refractivity contribution in [2.75, 3.05) is 20.7 Å². The second-order valence-electron chi connectivity index (χ2n) is 5.94. The molecular formula is C18H23F3N4OS. The summed E-state index contributed by atoms with van der Waals surface area (Å²) in [5, 5.41) is 7.53. The number of hydrogen-bond donors (Lipinski definition) is 2. The molecule has 0 aliphatic carbocycles. The molecule has 5 nitrogen and oxygen atoms in total. The number of ether oxygens (including phenoxy) is 1. The lowest BCUT2D eigenvalue weighted by Crippen LogP contribution is -2.37. The van der Waals surface area contributed by atoms with Crippen LogP contribution in [0.3, 0.4) is 0 Å². The average Bonchev–Trinajstić information content (AvgIpc) is 3.14. The molecule has 0 bridgehead atoms. The minimum Gasteiger partial charge on any atom is -0.497 e. The van der Waals surface area contributed by atoms with Gasteiger partial charge in [0, 0.05) is 19.0 Å². The fourth-order valence-corrected chi connectivity index (χ4v) is 3.15. The maximum Gasteiger partial charge on any atom is 0.434 e. The summed E-state index contributed by atoms with van der Waals surface area (Å²) in [5.74, 6) is 1.69. The molecule has 1 aromatic heterocycles. The Morgan fingerprint density at radius 1 is 1.26 bits per heavy atom. The molecule has 1 atom stereocenters. The van der Waals surface area contributed by atoms with Crippen molar-refractivity contribution in [3.63, 3.8) is 0 Å². The summed E-state index contributed by atoms with van der Waals surface area (Å²) in [7, 11) is 3.25. The number of aromatic nitrogens is 1. The van der Waals surface area contributed by atoms with Gasteiger partial charge in [0.2, 0.25) is 0 Å². The van der Waals surface area contributed by atoms with E-state index >= 15 is 0 Å². The SMILES string of the molecule is CN=C(NCCC(C)c1ccc(OC)cc1)NCc1nc(C(F)(F)F)cs1. The molecule has 2 N–H and O–H groups in total. The van der Waals surface area contributed by atoms with Crippen molar-refractivity contribution in [3.8, 4) is 5.75 Å². The van der Waals surface area contributed by atoms with Crippen LogP contribution in [0.4, 0.5) is 13.2 Å². The molecule has 1 heterocycles. The Kier molecular flexibility index (Phi) is 7.46. The Labute approximate surface area is 160 Å². The molecule has 0 aliphatic rings. The molecule has 0 spiro atoms. The first kappa shape index (κ1) is 21.0. The topological polar surface area (TPSA) is 58.5 Å². The zero-order valence-corrected chi connectivity index (χ0v) is 16.2. The minimum absolute atomic E-state index is 0.189. The lowest BCUT2D eigenvalue weighted by atomic mass is 9.98. The van der Waals surface area contributed by atoms with E-state index in [9.17, 15) is 13.2 Å². The number of rotatable bonds is 7. The highest BCUT2D eigenvalue weighted by Gasteiger charge is 2.33. The van der Waals surface area contributed by atoms with Gasteiger partial charge < -0.3 is 15.4 Å². The van der Waals surface area contributed by atoms with Gasteiger partial charge in [-0.3, -0.25) is 4.99 Å². The second-order valence-corrected chi connectivity index (χ2v) is 6.88. The molecular weight excluding hydrogens is 377 g/mol. The maximum atomic E-state index is 12.6. The standard InChI is InChI=1S/C18H23F3N4OS/c1-12(13-4-6-14(26-3)7-5-13)8-9-23-17(22-2)24-10-16-25-15(11-27-16)18(19,20)21/h4-7,11-12H,8-10H2,1-3H3,(H2,22,23,24). The Balaban J connectivity index is 1.77. The third kappa shape index (κ3) is 6.42. The molecule has 0 fully saturated rings. The number of thiazole rings is 1. The van der Waals surface area contributed by atoms with Crippen LogP contribution in [0.1, 0.15) is 35.5 Å². The summed E-state index contributed by atoms with van der Waals surface area (Å²) in [4.78, 5) is 7.67. The van der Waals surface area contributed by atoms with Crippen LogP contribution in [0.25, 0.3) is 0 Å². The second kappa shape index (κ2) is 9.59. The van der Waals surface area contributed by atoms with E-state index in [1.807, 2.05) is 24.3 Å². The van der Waals surface area contributed by atoms with Crippen molar-refractivity contribution in [1.82, 2.24) is 15.6 Å². The number of nitrogens with zero attached hydrogens (tertiary/aromatic N) is 2. The first-order valence-corrected chi connectivity index (χ1v) is 9.31. The van der Waals surface area contributed by atoms with E-state index in [2.05, 4.69) is 27.5 Å². The van der Waals surface area contributed by atoms with Crippen LogP contribution < -0.4 is 15.4 Å². The first-order valence-electron chi connectivity index (χ1n) is 8.43. The van der Waals surface area contributed by atoms with Crippen molar-refractivity contribution < 1.29 is 17.9 Å². The summed E-state index contributed by atoms with van der Waals surface area (Å²) in [5.41, 5.74) is 0.351. The number of aliphatic imine (C=N–C) groups is 1. The van der Waals surface area contributed by atoms with Crippen molar-refractivity contribution >= 4 is 17.3 Å². The molecule has 2 aromatic rings. The normalized spacial score (nSPS) is 13.3. The molecule has 9 heteroatoms. The van der Waals surface area contributed by atoms with E-state index in [-0.39, 0.29) is 6.54 Å². The molecule has 0 radical (unpaired) electrons. The van der Waals surface area contributed by atoms with Crippen LogP contribution in [0.15, 0.2) is 34.6 Å². The molecule has 148 valence electrons. The molecule has 27 heavy (non-hydrogen) atoms.